The summed E-state index contributed by atoms with van der Waals surface area (Å²) in [6.07, 6.45) is 0. The number of carbonyl (C=O) groups is 1. The van der Waals surface area contributed by atoms with E-state index in [0.717, 1.165) is 11.3 Å². The summed E-state index contributed by atoms with van der Waals surface area (Å²) in [7, 11) is -0.757. The van der Waals surface area contributed by atoms with Gasteiger partial charge in [-0.2, -0.15) is 0 Å². The quantitative estimate of drug-likeness (QED) is 0.557. The summed E-state index contributed by atoms with van der Waals surface area (Å²) in [5, 5.41) is 2.80. The Morgan fingerprint density at radius 2 is 1.45 bits per heavy atom. The highest BCUT2D eigenvalue weighted by Gasteiger charge is 2.19. The molecule has 8 heteroatoms. The van der Waals surface area contributed by atoms with Gasteiger partial charge >= 0.3 is 0 Å². The lowest BCUT2D eigenvalue weighted by Crippen LogP contribution is -2.23. The van der Waals surface area contributed by atoms with Gasteiger partial charge in [0.05, 0.1) is 19.1 Å². The number of hydrogen-bond donors (Lipinski definition) is 2. The highest BCUT2D eigenvalue weighted by molar-refractivity contribution is 7.92. The van der Waals surface area contributed by atoms with Gasteiger partial charge in [-0.25, -0.2) is 8.42 Å². The van der Waals surface area contributed by atoms with E-state index in [1.165, 1.54) is 13.2 Å². The van der Waals surface area contributed by atoms with E-state index >= 15 is 0 Å². The van der Waals surface area contributed by atoms with Crippen LogP contribution in [0, 0.1) is 6.92 Å². The van der Waals surface area contributed by atoms with Gasteiger partial charge in [0.15, 0.2) is 0 Å². The minimum absolute atomic E-state index is 0.0421. The van der Waals surface area contributed by atoms with Crippen LogP contribution >= 0.6 is 0 Å². The molecule has 0 saturated carbocycles. The average Bonchev–Trinajstić information content (AvgIpc) is 2.78. The highest BCUT2D eigenvalue weighted by atomic mass is 32.2. The van der Waals surface area contributed by atoms with E-state index in [4.69, 9.17) is 9.47 Å². The largest absolute Gasteiger partial charge is 0.497 e. The number of anilines is 1. The van der Waals surface area contributed by atoms with Crippen LogP contribution < -0.4 is 19.5 Å². The van der Waals surface area contributed by atoms with Crippen molar-refractivity contribution in [2.24, 2.45) is 0 Å². The number of amides is 1. The van der Waals surface area contributed by atoms with Crippen molar-refractivity contribution >= 4 is 21.6 Å². The molecule has 0 heterocycles. The second-order valence-corrected chi connectivity index (χ2v) is 8.50. The van der Waals surface area contributed by atoms with Crippen LogP contribution in [-0.2, 0) is 16.6 Å². The van der Waals surface area contributed by atoms with Gasteiger partial charge < -0.3 is 14.8 Å². The maximum Gasteiger partial charge on any atom is 0.262 e. The number of nitrogens with one attached hydrogen (secondary N) is 2. The van der Waals surface area contributed by atoms with E-state index in [0.29, 0.717) is 23.5 Å². The second kappa shape index (κ2) is 9.53. The number of methoxy groups -OCH3 is 2. The third kappa shape index (κ3) is 5.55. The van der Waals surface area contributed by atoms with E-state index in [-0.39, 0.29) is 16.4 Å². The first-order chi connectivity index (χ1) is 14.8. The van der Waals surface area contributed by atoms with Crippen LogP contribution in [0.5, 0.6) is 11.5 Å². The Morgan fingerprint density at radius 1 is 0.871 bits per heavy atom. The van der Waals surface area contributed by atoms with Crippen molar-refractivity contribution in [3.63, 3.8) is 0 Å². The van der Waals surface area contributed by atoms with Crippen molar-refractivity contribution in [3.05, 3.63) is 83.4 Å². The van der Waals surface area contributed by atoms with Crippen molar-refractivity contribution in [1.29, 1.82) is 0 Å². The van der Waals surface area contributed by atoms with Gasteiger partial charge in [-0.3, -0.25) is 9.52 Å². The fraction of sp³-hybridized carbons (Fsp3) is 0.174. The smallest absolute Gasteiger partial charge is 0.262 e. The molecule has 3 aromatic rings. The normalized spacial score (nSPS) is 10.9. The third-order valence-corrected chi connectivity index (χ3v) is 6.22. The molecule has 0 bridgehead atoms. The lowest BCUT2D eigenvalue weighted by Gasteiger charge is -2.13. The fourth-order valence-corrected chi connectivity index (χ4v) is 4.26. The Labute approximate surface area is 182 Å². The van der Waals surface area contributed by atoms with E-state index < -0.39 is 10.0 Å². The predicted molar refractivity (Wildman–Crippen MR) is 119 cm³/mol. The summed E-state index contributed by atoms with van der Waals surface area (Å²) in [5.74, 6) is 0.985. The molecule has 1 amide bonds. The molecule has 0 atom stereocenters. The molecule has 31 heavy (non-hydrogen) atoms. The Morgan fingerprint density at radius 3 is 2.03 bits per heavy atom. The molecule has 3 rings (SSSR count). The minimum atomic E-state index is -3.88. The molecule has 7 nitrogen and oxygen atoms in total. The molecule has 0 spiro atoms. The highest BCUT2D eigenvalue weighted by Crippen LogP contribution is 2.22. The van der Waals surface area contributed by atoms with Crippen LogP contribution in [0.25, 0.3) is 0 Å². The molecule has 0 radical (unpaired) electrons. The van der Waals surface area contributed by atoms with Crippen LogP contribution in [0.15, 0.2) is 71.6 Å². The molecule has 3 aromatic carbocycles. The molecular formula is C23H24N2O5S. The number of sulfonamides is 1. The molecule has 0 unspecified atom stereocenters. The minimum Gasteiger partial charge on any atom is -0.497 e. The van der Waals surface area contributed by atoms with Gasteiger partial charge in [-0.05, 0) is 66.6 Å². The molecule has 2 N–H and O–H groups in total. The van der Waals surface area contributed by atoms with Crippen molar-refractivity contribution in [3.8, 4) is 11.5 Å². The number of benzene rings is 3. The first-order valence-corrected chi connectivity index (χ1v) is 11.0. The van der Waals surface area contributed by atoms with Gasteiger partial charge in [0.1, 0.15) is 11.5 Å². The van der Waals surface area contributed by atoms with Crippen molar-refractivity contribution < 1.29 is 22.7 Å². The Bertz CT molecular complexity index is 1160. The van der Waals surface area contributed by atoms with Gasteiger partial charge in [-0.15, -0.1) is 0 Å². The number of rotatable bonds is 8. The zero-order valence-electron chi connectivity index (χ0n) is 17.5. The Hall–Kier alpha value is -3.52. The van der Waals surface area contributed by atoms with Crippen LogP contribution in [0.2, 0.25) is 0 Å². The monoisotopic (exact) mass is 440 g/mol. The topological polar surface area (TPSA) is 93.7 Å². The van der Waals surface area contributed by atoms with Crippen molar-refractivity contribution in [2.75, 3.05) is 18.9 Å². The summed E-state index contributed by atoms with van der Waals surface area (Å²) in [5.41, 5.74) is 2.09. The summed E-state index contributed by atoms with van der Waals surface area (Å²) in [6, 6.07) is 18.5. The molecule has 0 aromatic heterocycles. The lowest BCUT2D eigenvalue weighted by atomic mass is 10.1. The van der Waals surface area contributed by atoms with E-state index in [2.05, 4.69) is 10.0 Å². The van der Waals surface area contributed by atoms with Crippen LogP contribution in [0.4, 0.5) is 5.69 Å². The standard InChI is InChI=1S/C23H24N2O5S/c1-16-4-7-18(23(26)24-15-17-5-10-20(29-2)11-6-17)14-22(16)31(27,28)25-19-8-12-21(30-3)13-9-19/h4-14,25H,15H2,1-3H3,(H,24,26). The first kappa shape index (κ1) is 22.2. The average molecular weight is 441 g/mol. The van der Waals surface area contributed by atoms with Gasteiger partial charge in [-0.1, -0.05) is 18.2 Å². The molecule has 0 fully saturated rings. The van der Waals surface area contributed by atoms with Gasteiger partial charge in [0.25, 0.3) is 15.9 Å². The Balaban J connectivity index is 1.75. The SMILES string of the molecule is COc1ccc(CNC(=O)c2ccc(C)c(S(=O)(=O)Nc3ccc(OC)cc3)c2)cc1. The van der Waals surface area contributed by atoms with Gasteiger partial charge in [0.2, 0.25) is 0 Å². The lowest BCUT2D eigenvalue weighted by molar-refractivity contribution is 0.0950. The second-order valence-electron chi connectivity index (χ2n) is 6.85. The van der Waals surface area contributed by atoms with E-state index in [9.17, 15) is 13.2 Å². The molecule has 0 aliphatic carbocycles. The third-order valence-electron chi connectivity index (χ3n) is 4.69. The number of aryl methyl sites for hydroxylation is 1. The molecule has 162 valence electrons. The summed E-state index contributed by atoms with van der Waals surface area (Å²) < 4.78 is 38.5. The Kier molecular flexibility index (Phi) is 6.81. The van der Waals surface area contributed by atoms with Crippen LogP contribution in [0.3, 0.4) is 0 Å². The van der Waals surface area contributed by atoms with Crippen LogP contribution in [0.1, 0.15) is 21.5 Å². The maximum atomic E-state index is 12.9. The molecular weight excluding hydrogens is 416 g/mol. The molecule has 0 aliphatic heterocycles. The summed E-state index contributed by atoms with van der Waals surface area (Å²) in [4.78, 5) is 12.6. The molecule has 0 saturated heterocycles. The zero-order valence-corrected chi connectivity index (χ0v) is 18.3. The van der Waals surface area contributed by atoms with E-state index in [1.54, 1.807) is 50.4 Å². The first-order valence-electron chi connectivity index (χ1n) is 9.51. The van der Waals surface area contributed by atoms with Crippen molar-refractivity contribution in [2.45, 2.75) is 18.4 Å². The van der Waals surface area contributed by atoms with Crippen LogP contribution in [-0.4, -0.2) is 28.5 Å². The summed E-state index contributed by atoms with van der Waals surface area (Å²) >= 11 is 0. The number of ether oxygens (including phenoxy) is 2. The fourth-order valence-electron chi connectivity index (χ4n) is 2.93. The summed E-state index contributed by atoms with van der Waals surface area (Å²) in [6.45, 7) is 1.99. The van der Waals surface area contributed by atoms with Gasteiger partial charge in [0, 0.05) is 17.8 Å². The number of hydrogen-bond acceptors (Lipinski definition) is 5. The molecule has 0 aliphatic rings. The van der Waals surface area contributed by atoms with E-state index in [1.807, 2.05) is 24.3 Å². The zero-order chi connectivity index (χ0) is 22.4. The predicted octanol–water partition coefficient (Wildman–Crippen LogP) is 3.74. The van der Waals surface area contributed by atoms with Crippen molar-refractivity contribution in [1.82, 2.24) is 5.32 Å². The number of carbonyl (C=O) groups excluding carboxylic acids is 1. The maximum absolute atomic E-state index is 12.9.